The maximum absolute atomic E-state index is 13.8. The van der Waals surface area contributed by atoms with Crippen LogP contribution in [0.3, 0.4) is 0 Å². The standard InChI is InChI=1S/C11H10Br2F2O2S/c12-8-4-9(14)7(3-10(8)15)11(13)6-1-2-18(16,17)5-6/h3-4,6,11H,1-2,5H2. The van der Waals surface area contributed by atoms with Gasteiger partial charge in [0.1, 0.15) is 11.6 Å². The van der Waals surface area contributed by atoms with Crippen molar-refractivity contribution in [2.45, 2.75) is 11.2 Å². The van der Waals surface area contributed by atoms with E-state index in [1.54, 1.807) is 0 Å². The largest absolute Gasteiger partial charge is 0.229 e. The Bertz CT molecular complexity index is 575. The third-order valence-corrected chi connectivity index (χ3v) is 6.66. The first-order valence-electron chi connectivity index (χ1n) is 5.29. The quantitative estimate of drug-likeness (QED) is 0.558. The van der Waals surface area contributed by atoms with Crippen LogP contribution in [0.5, 0.6) is 0 Å². The zero-order valence-electron chi connectivity index (χ0n) is 9.17. The second-order valence-corrected chi connectivity index (χ2v) is 8.42. The van der Waals surface area contributed by atoms with Crippen molar-refractivity contribution in [1.82, 2.24) is 0 Å². The molecule has 1 aliphatic rings. The molecule has 2 unspecified atom stereocenters. The molecule has 1 aromatic rings. The van der Waals surface area contributed by atoms with E-state index in [1.807, 2.05) is 0 Å². The zero-order chi connectivity index (χ0) is 13.5. The summed E-state index contributed by atoms with van der Waals surface area (Å²) in [6.07, 6.45) is 0.468. The minimum Gasteiger partial charge on any atom is -0.229 e. The summed E-state index contributed by atoms with van der Waals surface area (Å²) in [5.41, 5.74) is 0.165. The fraction of sp³-hybridized carbons (Fsp3) is 0.455. The number of alkyl halides is 1. The molecule has 0 N–H and O–H groups in total. The Morgan fingerprint density at radius 3 is 2.50 bits per heavy atom. The van der Waals surface area contributed by atoms with E-state index in [-0.39, 0.29) is 27.5 Å². The van der Waals surface area contributed by atoms with Crippen LogP contribution >= 0.6 is 31.9 Å². The van der Waals surface area contributed by atoms with Gasteiger partial charge in [-0.3, -0.25) is 0 Å². The summed E-state index contributed by atoms with van der Waals surface area (Å²) in [5.74, 6) is -1.20. The van der Waals surface area contributed by atoms with Crippen LogP contribution in [0, 0.1) is 17.6 Å². The maximum Gasteiger partial charge on any atom is 0.150 e. The van der Waals surface area contributed by atoms with Gasteiger partial charge in [-0.25, -0.2) is 17.2 Å². The highest BCUT2D eigenvalue weighted by Crippen LogP contribution is 2.39. The maximum atomic E-state index is 13.8. The van der Waals surface area contributed by atoms with Crippen molar-refractivity contribution in [2.75, 3.05) is 11.5 Å². The van der Waals surface area contributed by atoms with Gasteiger partial charge in [0.05, 0.1) is 16.0 Å². The van der Waals surface area contributed by atoms with E-state index in [9.17, 15) is 17.2 Å². The third-order valence-electron chi connectivity index (χ3n) is 3.02. The van der Waals surface area contributed by atoms with E-state index in [2.05, 4.69) is 31.9 Å². The highest BCUT2D eigenvalue weighted by atomic mass is 79.9. The number of rotatable bonds is 2. The highest BCUT2D eigenvalue weighted by Gasteiger charge is 2.34. The third kappa shape index (κ3) is 2.93. The Morgan fingerprint density at radius 1 is 1.28 bits per heavy atom. The molecule has 2 rings (SSSR count). The van der Waals surface area contributed by atoms with E-state index in [0.29, 0.717) is 6.42 Å². The van der Waals surface area contributed by atoms with Gasteiger partial charge in [-0.15, -0.1) is 0 Å². The van der Waals surface area contributed by atoms with Gasteiger partial charge in [-0.05, 0) is 40.4 Å². The van der Waals surface area contributed by atoms with Gasteiger partial charge in [0.2, 0.25) is 0 Å². The summed E-state index contributed by atoms with van der Waals surface area (Å²) in [6, 6.07) is 2.16. The smallest absolute Gasteiger partial charge is 0.150 e. The number of hydrogen-bond donors (Lipinski definition) is 0. The molecule has 1 heterocycles. The Labute approximate surface area is 121 Å². The van der Waals surface area contributed by atoms with Crippen LogP contribution < -0.4 is 0 Å². The first-order chi connectivity index (χ1) is 8.30. The topological polar surface area (TPSA) is 34.1 Å². The van der Waals surface area contributed by atoms with Gasteiger partial charge in [0.15, 0.2) is 9.84 Å². The molecule has 1 fully saturated rings. The lowest BCUT2D eigenvalue weighted by Crippen LogP contribution is -2.11. The fourth-order valence-electron chi connectivity index (χ4n) is 2.06. The molecule has 7 heteroatoms. The predicted octanol–water partition coefficient (Wildman–Crippen LogP) is 3.60. The molecule has 0 bridgehead atoms. The summed E-state index contributed by atoms with van der Waals surface area (Å²) >= 11 is 6.19. The minimum atomic E-state index is -3.04. The summed E-state index contributed by atoms with van der Waals surface area (Å²) in [5, 5.41) is 0. The van der Waals surface area contributed by atoms with Crippen molar-refractivity contribution in [2.24, 2.45) is 5.92 Å². The fourth-order valence-corrected chi connectivity index (χ4v) is 5.26. The molecule has 0 aromatic heterocycles. The van der Waals surface area contributed by atoms with Crippen LogP contribution in [0.15, 0.2) is 16.6 Å². The van der Waals surface area contributed by atoms with Gasteiger partial charge < -0.3 is 0 Å². The number of benzene rings is 1. The zero-order valence-corrected chi connectivity index (χ0v) is 13.2. The summed E-state index contributed by atoms with van der Waals surface area (Å²) in [7, 11) is -3.04. The molecular weight excluding hydrogens is 394 g/mol. The van der Waals surface area contributed by atoms with E-state index >= 15 is 0 Å². The molecule has 1 saturated heterocycles. The lowest BCUT2D eigenvalue weighted by Gasteiger charge is -2.17. The predicted molar refractivity (Wildman–Crippen MR) is 72.5 cm³/mol. The molecule has 1 aromatic carbocycles. The van der Waals surface area contributed by atoms with E-state index in [0.717, 1.165) is 12.1 Å². The number of hydrogen-bond acceptors (Lipinski definition) is 2. The van der Waals surface area contributed by atoms with Crippen LogP contribution in [0.2, 0.25) is 0 Å². The first-order valence-corrected chi connectivity index (χ1v) is 8.82. The van der Waals surface area contributed by atoms with Crippen molar-refractivity contribution >= 4 is 41.7 Å². The van der Waals surface area contributed by atoms with Gasteiger partial charge in [-0.2, -0.15) is 0 Å². The summed E-state index contributed by atoms with van der Waals surface area (Å²) in [6.45, 7) is 0. The molecule has 1 aliphatic heterocycles. The van der Waals surface area contributed by atoms with Crippen molar-refractivity contribution in [1.29, 1.82) is 0 Å². The van der Waals surface area contributed by atoms with Crippen LogP contribution in [0.1, 0.15) is 16.8 Å². The van der Waals surface area contributed by atoms with Crippen molar-refractivity contribution in [3.63, 3.8) is 0 Å². The molecule has 0 radical (unpaired) electrons. The second kappa shape index (κ2) is 5.17. The Morgan fingerprint density at radius 2 is 1.94 bits per heavy atom. The molecule has 2 nitrogen and oxygen atoms in total. The van der Waals surface area contributed by atoms with Crippen LogP contribution in [0.4, 0.5) is 8.78 Å². The van der Waals surface area contributed by atoms with Gasteiger partial charge in [0, 0.05) is 10.4 Å². The van der Waals surface area contributed by atoms with Gasteiger partial charge >= 0.3 is 0 Å². The van der Waals surface area contributed by atoms with Crippen LogP contribution in [-0.2, 0) is 9.84 Å². The van der Waals surface area contributed by atoms with Crippen LogP contribution in [-0.4, -0.2) is 19.9 Å². The molecule has 2 atom stereocenters. The van der Waals surface area contributed by atoms with E-state index < -0.39 is 26.3 Å². The number of sulfone groups is 1. The first kappa shape index (κ1) is 14.4. The summed E-state index contributed by atoms with van der Waals surface area (Å²) < 4.78 is 50.0. The van der Waals surface area contributed by atoms with E-state index in [4.69, 9.17) is 0 Å². The average Bonchev–Trinajstić information content (AvgIpc) is 2.63. The van der Waals surface area contributed by atoms with Crippen molar-refractivity contribution < 1.29 is 17.2 Å². The minimum absolute atomic E-state index is 0.0139. The Kier molecular flexibility index (Phi) is 4.14. The monoisotopic (exact) mass is 402 g/mol. The second-order valence-electron chi connectivity index (χ2n) is 4.35. The molecule has 0 spiro atoms. The van der Waals surface area contributed by atoms with Gasteiger partial charge in [-0.1, -0.05) is 15.9 Å². The van der Waals surface area contributed by atoms with E-state index in [1.165, 1.54) is 0 Å². The van der Waals surface area contributed by atoms with Crippen LogP contribution in [0.25, 0.3) is 0 Å². The van der Waals surface area contributed by atoms with Crippen molar-refractivity contribution in [3.8, 4) is 0 Å². The Hall–Kier alpha value is -0.0100. The van der Waals surface area contributed by atoms with Crippen molar-refractivity contribution in [3.05, 3.63) is 33.8 Å². The van der Waals surface area contributed by atoms with Gasteiger partial charge in [0.25, 0.3) is 0 Å². The molecule has 100 valence electrons. The number of halogens is 4. The average molecular weight is 404 g/mol. The normalized spacial score (nSPS) is 24.1. The SMILES string of the molecule is O=S1(=O)CCC(C(Br)c2cc(F)c(Br)cc2F)C1. The molecule has 18 heavy (non-hydrogen) atoms. The summed E-state index contributed by atoms with van der Waals surface area (Å²) in [4.78, 5) is -0.489. The lowest BCUT2D eigenvalue weighted by atomic mass is 9.98. The molecule has 0 saturated carbocycles. The molecule has 0 aliphatic carbocycles. The highest BCUT2D eigenvalue weighted by molar-refractivity contribution is 9.10. The lowest BCUT2D eigenvalue weighted by molar-refractivity contribution is 0.535. The molecular formula is C11H10Br2F2O2S. The molecule has 0 amide bonds. The Balaban J connectivity index is 2.30.